The van der Waals surface area contributed by atoms with E-state index in [1.54, 1.807) is 11.8 Å². The van der Waals surface area contributed by atoms with Gasteiger partial charge in [-0.2, -0.15) is 5.26 Å². The van der Waals surface area contributed by atoms with E-state index in [9.17, 15) is 0 Å². The van der Waals surface area contributed by atoms with Crippen LogP contribution in [0.3, 0.4) is 0 Å². The summed E-state index contributed by atoms with van der Waals surface area (Å²) >= 11 is 1.68. The van der Waals surface area contributed by atoms with E-state index in [1.807, 2.05) is 30.5 Å². The van der Waals surface area contributed by atoms with Crippen LogP contribution in [0.5, 0.6) is 0 Å². The molecule has 1 rings (SSSR count). The molecule has 0 unspecified atom stereocenters. The summed E-state index contributed by atoms with van der Waals surface area (Å²) in [6.07, 6.45) is 2.40. The maximum Gasteiger partial charge on any atom is 0.0641 e. The first-order chi connectivity index (χ1) is 6.27. The van der Waals surface area contributed by atoms with Crippen molar-refractivity contribution in [2.45, 2.75) is 17.4 Å². The van der Waals surface area contributed by atoms with E-state index in [4.69, 9.17) is 11.0 Å². The Labute approximate surface area is 82.7 Å². The highest BCUT2D eigenvalue weighted by Crippen LogP contribution is 2.20. The predicted molar refractivity (Wildman–Crippen MR) is 55.4 cm³/mol. The number of thioether (sulfide) groups is 1. The molecule has 1 atom stereocenters. The monoisotopic (exact) mass is 192 g/mol. The van der Waals surface area contributed by atoms with Gasteiger partial charge in [-0.1, -0.05) is 12.1 Å². The molecule has 0 fully saturated rings. The zero-order valence-electron chi connectivity index (χ0n) is 7.53. The van der Waals surface area contributed by atoms with Gasteiger partial charge in [0.2, 0.25) is 0 Å². The maximum absolute atomic E-state index is 8.49. The molecule has 0 amide bonds. The predicted octanol–water partition coefficient (Wildman–Crippen LogP) is 2.32. The van der Waals surface area contributed by atoms with Crippen molar-refractivity contribution in [3.8, 4) is 6.07 Å². The van der Waals surface area contributed by atoms with Gasteiger partial charge in [-0.05, 0) is 24.0 Å². The molecule has 0 aliphatic heterocycles. The standard InChI is InChI=1S/C10H12N2S/c1-13-9-4-2-3-8(7-9)10(12)5-6-11/h2-4,7,10H,5,12H2,1H3/t10-/m1/s1. The summed E-state index contributed by atoms with van der Waals surface area (Å²) in [5.74, 6) is 0. The van der Waals surface area contributed by atoms with Crippen LogP contribution in [0.15, 0.2) is 29.2 Å². The van der Waals surface area contributed by atoms with Gasteiger partial charge in [-0.25, -0.2) is 0 Å². The van der Waals surface area contributed by atoms with Crippen LogP contribution in [0, 0.1) is 11.3 Å². The molecule has 0 radical (unpaired) electrons. The van der Waals surface area contributed by atoms with Gasteiger partial charge in [0.05, 0.1) is 12.5 Å². The summed E-state index contributed by atoms with van der Waals surface area (Å²) in [6, 6.07) is 9.92. The third kappa shape index (κ3) is 2.76. The summed E-state index contributed by atoms with van der Waals surface area (Å²) in [4.78, 5) is 1.19. The van der Waals surface area contributed by atoms with Crippen molar-refractivity contribution < 1.29 is 0 Å². The second-order valence-corrected chi connectivity index (χ2v) is 3.62. The molecule has 3 heteroatoms. The van der Waals surface area contributed by atoms with Gasteiger partial charge in [-0.15, -0.1) is 11.8 Å². The second kappa shape index (κ2) is 4.90. The molecule has 68 valence electrons. The van der Waals surface area contributed by atoms with E-state index in [-0.39, 0.29) is 6.04 Å². The molecule has 1 aromatic rings. The topological polar surface area (TPSA) is 49.8 Å². The lowest BCUT2D eigenvalue weighted by Gasteiger charge is -2.08. The molecule has 0 saturated heterocycles. The van der Waals surface area contributed by atoms with Crippen LogP contribution in [0.4, 0.5) is 0 Å². The van der Waals surface area contributed by atoms with Gasteiger partial charge in [0.1, 0.15) is 0 Å². The van der Waals surface area contributed by atoms with Crippen molar-refractivity contribution in [1.29, 1.82) is 5.26 Å². The normalized spacial score (nSPS) is 12.1. The first-order valence-corrected chi connectivity index (χ1v) is 5.27. The summed E-state index contributed by atoms with van der Waals surface area (Å²) in [5.41, 5.74) is 6.83. The number of rotatable bonds is 3. The van der Waals surface area contributed by atoms with Crippen LogP contribution in [-0.4, -0.2) is 6.26 Å². The third-order valence-corrected chi connectivity index (χ3v) is 2.56. The van der Waals surface area contributed by atoms with E-state index >= 15 is 0 Å². The highest BCUT2D eigenvalue weighted by atomic mass is 32.2. The molecular weight excluding hydrogens is 180 g/mol. The average molecular weight is 192 g/mol. The number of nitrogens with two attached hydrogens (primary N) is 1. The minimum Gasteiger partial charge on any atom is -0.323 e. The van der Waals surface area contributed by atoms with E-state index in [1.165, 1.54) is 4.90 Å². The van der Waals surface area contributed by atoms with Gasteiger partial charge in [-0.3, -0.25) is 0 Å². The molecule has 0 heterocycles. The fourth-order valence-corrected chi connectivity index (χ4v) is 1.56. The average Bonchev–Trinajstić information content (AvgIpc) is 2.18. The van der Waals surface area contributed by atoms with Crippen LogP contribution in [0.25, 0.3) is 0 Å². The Bertz CT molecular complexity index is 317. The number of hydrogen-bond acceptors (Lipinski definition) is 3. The van der Waals surface area contributed by atoms with Crippen molar-refractivity contribution >= 4 is 11.8 Å². The van der Waals surface area contributed by atoms with Crippen LogP contribution in [0.1, 0.15) is 18.0 Å². The van der Waals surface area contributed by atoms with Crippen molar-refractivity contribution in [3.05, 3.63) is 29.8 Å². The Balaban J connectivity index is 2.83. The number of hydrogen-bond donors (Lipinski definition) is 1. The molecule has 0 aromatic heterocycles. The van der Waals surface area contributed by atoms with Crippen molar-refractivity contribution in [2.75, 3.05) is 6.26 Å². The largest absolute Gasteiger partial charge is 0.323 e. The van der Waals surface area contributed by atoms with Gasteiger partial charge in [0.15, 0.2) is 0 Å². The van der Waals surface area contributed by atoms with Crippen molar-refractivity contribution in [2.24, 2.45) is 5.73 Å². The molecule has 0 aliphatic carbocycles. The van der Waals surface area contributed by atoms with Gasteiger partial charge in [0, 0.05) is 10.9 Å². The van der Waals surface area contributed by atoms with Crippen molar-refractivity contribution in [1.82, 2.24) is 0 Å². The molecule has 0 aliphatic rings. The molecule has 1 aromatic carbocycles. The first-order valence-electron chi connectivity index (χ1n) is 4.04. The summed E-state index contributed by atoms with van der Waals surface area (Å²) in [5, 5.41) is 8.49. The number of benzene rings is 1. The quantitative estimate of drug-likeness (QED) is 0.748. The third-order valence-electron chi connectivity index (χ3n) is 1.83. The van der Waals surface area contributed by atoms with Crippen LogP contribution in [-0.2, 0) is 0 Å². The maximum atomic E-state index is 8.49. The van der Waals surface area contributed by atoms with Gasteiger partial charge < -0.3 is 5.73 Å². The van der Waals surface area contributed by atoms with Gasteiger partial charge >= 0.3 is 0 Å². The van der Waals surface area contributed by atoms with E-state index in [0.29, 0.717) is 6.42 Å². The molecule has 2 nitrogen and oxygen atoms in total. The van der Waals surface area contributed by atoms with E-state index < -0.39 is 0 Å². The highest BCUT2D eigenvalue weighted by molar-refractivity contribution is 7.98. The summed E-state index contributed by atoms with van der Waals surface area (Å²) in [6.45, 7) is 0. The van der Waals surface area contributed by atoms with Crippen molar-refractivity contribution in [3.63, 3.8) is 0 Å². The molecular formula is C10H12N2S. The number of nitriles is 1. The molecule has 13 heavy (non-hydrogen) atoms. The van der Waals surface area contributed by atoms with Gasteiger partial charge in [0.25, 0.3) is 0 Å². The van der Waals surface area contributed by atoms with E-state index in [0.717, 1.165) is 5.56 Å². The van der Waals surface area contributed by atoms with Crippen LogP contribution >= 0.6 is 11.8 Å². The summed E-state index contributed by atoms with van der Waals surface area (Å²) < 4.78 is 0. The molecule has 0 spiro atoms. The Morgan fingerprint density at radius 1 is 1.62 bits per heavy atom. The zero-order valence-corrected chi connectivity index (χ0v) is 8.34. The fourth-order valence-electron chi connectivity index (χ4n) is 1.09. The molecule has 0 saturated carbocycles. The molecule has 0 bridgehead atoms. The summed E-state index contributed by atoms with van der Waals surface area (Å²) in [7, 11) is 0. The highest BCUT2D eigenvalue weighted by Gasteiger charge is 2.04. The Morgan fingerprint density at radius 2 is 2.38 bits per heavy atom. The minimum atomic E-state index is -0.155. The molecule has 2 N–H and O–H groups in total. The number of nitrogens with zero attached hydrogens (tertiary/aromatic N) is 1. The first kappa shape index (κ1) is 10.1. The zero-order chi connectivity index (χ0) is 9.68. The lowest BCUT2D eigenvalue weighted by atomic mass is 10.1. The minimum absolute atomic E-state index is 0.155. The lowest BCUT2D eigenvalue weighted by molar-refractivity contribution is 0.746. The SMILES string of the molecule is CSc1cccc([C@H](N)CC#N)c1. The van der Waals surface area contributed by atoms with Crippen LogP contribution < -0.4 is 5.73 Å². The Hall–Kier alpha value is -0.980. The second-order valence-electron chi connectivity index (χ2n) is 2.75. The smallest absolute Gasteiger partial charge is 0.0641 e. The Kier molecular flexibility index (Phi) is 3.81. The van der Waals surface area contributed by atoms with Crippen LogP contribution in [0.2, 0.25) is 0 Å². The fraction of sp³-hybridized carbons (Fsp3) is 0.300. The van der Waals surface area contributed by atoms with E-state index in [2.05, 4.69) is 6.07 Å². The lowest BCUT2D eigenvalue weighted by Crippen LogP contribution is -2.08. The Morgan fingerprint density at radius 3 is 3.00 bits per heavy atom.